The Morgan fingerprint density at radius 1 is 1.22 bits per heavy atom. The fourth-order valence-corrected chi connectivity index (χ4v) is 2.50. The monoisotopic (exact) mass is 246 g/mol. The first-order valence-electron chi connectivity index (χ1n) is 6.91. The molecule has 1 atom stereocenters. The first-order valence-corrected chi connectivity index (χ1v) is 6.91. The first-order chi connectivity index (χ1) is 8.81. The molecular formula is C15H22N2O. The van der Waals surface area contributed by atoms with Gasteiger partial charge in [-0.3, -0.25) is 10.2 Å². The van der Waals surface area contributed by atoms with Crippen LogP contribution in [0.4, 0.5) is 0 Å². The fraction of sp³-hybridized carbons (Fsp3) is 0.533. The number of hydrazine groups is 1. The summed E-state index contributed by atoms with van der Waals surface area (Å²) in [4.78, 5) is 12.3. The van der Waals surface area contributed by atoms with Gasteiger partial charge in [-0.25, -0.2) is 5.01 Å². The van der Waals surface area contributed by atoms with Gasteiger partial charge in [0, 0.05) is 13.1 Å². The summed E-state index contributed by atoms with van der Waals surface area (Å²) >= 11 is 0. The van der Waals surface area contributed by atoms with E-state index in [0.29, 0.717) is 0 Å². The third-order valence-corrected chi connectivity index (χ3v) is 3.55. The van der Waals surface area contributed by atoms with Gasteiger partial charge in [0.15, 0.2) is 0 Å². The number of carbonyl (C=O) groups is 1. The number of amides is 1. The Labute approximate surface area is 109 Å². The zero-order valence-electron chi connectivity index (χ0n) is 11.1. The van der Waals surface area contributed by atoms with Crippen LogP contribution < -0.4 is 5.43 Å². The van der Waals surface area contributed by atoms with Crippen LogP contribution in [-0.2, 0) is 4.79 Å². The van der Waals surface area contributed by atoms with Crippen LogP contribution in [-0.4, -0.2) is 24.0 Å². The molecular weight excluding hydrogens is 224 g/mol. The van der Waals surface area contributed by atoms with Crippen molar-refractivity contribution in [3.05, 3.63) is 35.9 Å². The average Bonchev–Trinajstić information content (AvgIpc) is 2.42. The lowest BCUT2D eigenvalue weighted by molar-refractivity contribution is -0.128. The lowest BCUT2D eigenvalue weighted by atomic mass is 9.96. The molecule has 18 heavy (non-hydrogen) atoms. The van der Waals surface area contributed by atoms with Crippen molar-refractivity contribution in [2.24, 2.45) is 0 Å². The van der Waals surface area contributed by atoms with E-state index in [9.17, 15) is 4.79 Å². The normalized spacial score (nSPS) is 18.3. The Bertz CT molecular complexity index is 371. The minimum atomic E-state index is -0.0341. The van der Waals surface area contributed by atoms with E-state index in [4.69, 9.17) is 0 Å². The molecule has 3 heteroatoms. The van der Waals surface area contributed by atoms with Gasteiger partial charge >= 0.3 is 0 Å². The maximum absolute atomic E-state index is 12.3. The molecule has 1 heterocycles. The molecule has 1 fully saturated rings. The second-order valence-electron chi connectivity index (χ2n) is 4.90. The van der Waals surface area contributed by atoms with Crippen molar-refractivity contribution in [3.8, 4) is 0 Å². The molecule has 0 radical (unpaired) electrons. The highest BCUT2D eigenvalue weighted by Gasteiger charge is 2.21. The van der Waals surface area contributed by atoms with Crippen molar-refractivity contribution >= 4 is 5.91 Å². The molecule has 0 bridgehead atoms. The standard InChI is InChI=1S/C15H22N2O/c1-2-14(13-9-5-3-6-10-13)15(18)16-17-11-7-4-8-12-17/h3,5-6,9-10,14H,2,4,7-8,11-12H2,1H3,(H,16,18)/t14-/m0/s1. The number of rotatable bonds is 4. The lowest BCUT2D eigenvalue weighted by Crippen LogP contribution is -2.46. The van der Waals surface area contributed by atoms with E-state index in [1.54, 1.807) is 0 Å². The van der Waals surface area contributed by atoms with Crippen LogP contribution in [0.2, 0.25) is 0 Å². The number of piperidine rings is 1. The minimum Gasteiger partial charge on any atom is -0.288 e. The molecule has 98 valence electrons. The summed E-state index contributed by atoms with van der Waals surface area (Å²) in [5, 5.41) is 2.07. The van der Waals surface area contributed by atoms with Gasteiger partial charge in [-0.05, 0) is 24.8 Å². The third-order valence-electron chi connectivity index (χ3n) is 3.55. The van der Waals surface area contributed by atoms with E-state index in [1.807, 2.05) is 30.3 Å². The summed E-state index contributed by atoms with van der Waals surface area (Å²) < 4.78 is 0. The molecule has 0 aliphatic carbocycles. The van der Waals surface area contributed by atoms with E-state index in [0.717, 1.165) is 25.1 Å². The number of benzene rings is 1. The predicted molar refractivity (Wildman–Crippen MR) is 73.0 cm³/mol. The second-order valence-corrected chi connectivity index (χ2v) is 4.90. The van der Waals surface area contributed by atoms with E-state index >= 15 is 0 Å². The molecule has 1 aliphatic heterocycles. The molecule has 1 aromatic carbocycles. The van der Waals surface area contributed by atoms with Crippen LogP contribution in [0.15, 0.2) is 30.3 Å². The highest BCUT2D eigenvalue weighted by atomic mass is 16.2. The van der Waals surface area contributed by atoms with Crippen molar-refractivity contribution < 1.29 is 4.79 Å². The van der Waals surface area contributed by atoms with Gasteiger partial charge in [-0.1, -0.05) is 43.7 Å². The van der Waals surface area contributed by atoms with Crippen LogP contribution >= 0.6 is 0 Å². The third kappa shape index (κ3) is 3.33. The summed E-state index contributed by atoms with van der Waals surface area (Å²) in [7, 11) is 0. The maximum atomic E-state index is 12.3. The van der Waals surface area contributed by atoms with Crippen molar-refractivity contribution in [1.29, 1.82) is 0 Å². The molecule has 0 aromatic heterocycles. The number of nitrogens with one attached hydrogen (secondary N) is 1. The molecule has 1 amide bonds. The maximum Gasteiger partial charge on any atom is 0.241 e. The summed E-state index contributed by atoms with van der Waals surface area (Å²) in [5.41, 5.74) is 4.17. The van der Waals surface area contributed by atoms with Crippen molar-refractivity contribution in [2.45, 2.75) is 38.5 Å². The minimum absolute atomic E-state index is 0.0341. The Hall–Kier alpha value is -1.35. The smallest absolute Gasteiger partial charge is 0.241 e. The Balaban J connectivity index is 1.97. The number of hydrogen-bond acceptors (Lipinski definition) is 2. The molecule has 0 saturated carbocycles. The molecule has 2 rings (SSSR count). The highest BCUT2D eigenvalue weighted by Crippen LogP contribution is 2.19. The van der Waals surface area contributed by atoms with Gasteiger partial charge in [0.25, 0.3) is 0 Å². The number of carbonyl (C=O) groups excluding carboxylic acids is 1. The summed E-state index contributed by atoms with van der Waals surface area (Å²) in [6.45, 7) is 4.03. The van der Waals surface area contributed by atoms with E-state index in [-0.39, 0.29) is 11.8 Å². The van der Waals surface area contributed by atoms with Gasteiger partial charge in [-0.2, -0.15) is 0 Å². The SMILES string of the molecule is CC[C@H](C(=O)NN1CCCCC1)c1ccccc1. The molecule has 0 spiro atoms. The quantitative estimate of drug-likeness (QED) is 0.886. The zero-order chi connectivity index (χ0) is 12.8. The van der Waals surface area contributed by atoms with Crippen LogP contribution in [0.25, 0.3) is 0 Å². The summed E-state index contributed by atoms with van der Waals surface area (Å²) in [6.07, 6.45) is 4.48. The second kappa shape index (κ2) is 6.55. The van der Waals surface area contributed by atoms with Crippen LogP contribution in [0.5, 0.6) is 0 Å². The molecule has 1 aromatic rings. The van der Waals surface area contributed by atoms with Gasteiger partial charge in [0.2, 0.25) is 5.91 Å². The average molecular weight is 246 g/mol. The highest BCUT2D eigenvalue weighted by molar-refractivity contribution is 5.83. The van der Waals surface area contributed by atoms with E-state index < -0.39 is 0 Å². The fourth-order valence-electron chi connectivity index (χ4n) is 2.50. The van der Waals surface area contributed by atoms with E-state index in [1.165, 1.54) is 19.3 Å². The molecule has 1 aliphatic rings. The molecule has 0 unspecified atom stereocenters. The van der Waals surface area contributed by atoms with Crippen molar-refractivity contribution in [2.75, 3.05) is 13.1 Å². The van der Waals surface area contributed by atoms with Gasteiger partial charge < -0.3 is 0 Å². The summed E-state index contributed by atoms with van der Waals surface area (Å²) in [5.74, 6) is 0.0960. The van der Waals surface area contributed by atoms with E-state index in [2.05, 4.69) is 17.4 Å². The molecule has 1 N–H and O–H groups in total. The molecule has 3 nitrogen and oxygen atoms in total. The predicted octanol–water partition coefficient (Wildman–Crippen LogP) is 2.70. The molecule has 1 saturated heterocycles. The first kappa shape index (κ1) is 13.1. The van der Waals surface area contributed by atoms with Crippen LogP contribution in [0.1, 0.15) is 44.1 Å². The Morgan fingerprint density at radius 2 is 1.89 bits per heavy atom. The van der Waals surface area contributed by atoms with Crippen molar-refractivity contribution in [3.63, 3.8) is 0 Å². The van der Waals surface area contributed by atoms with Crippen LogP contribution in [0.3, 0.4) is 0 Å². The largest absolute Gasteiger partial charge is 0.288 e. The van der Waals surface area contributed by atoms with Crippen LogP contribution in [0, 0.1) is 0 Å². The zero-order valence-corrected chi connectivity index (χ0v) is 11.1. The Kier molecular flexibility index (Phi) is 4.76. The van der Waals surface area contributed by atoms with Gasteiger partial charge in [0.05, 0.1) is 5.92 Å². The summed E-state index contributed by atoms with van der Waals surface area (Å²) in [6, 6.07) is 10.0. The number of hydrogen-bond donors (Lipinski definition) is 1. The topological polar surface area (TPSA) is 32.3 Å². The number of nitrogens with zero attached hydrogens (tertiary/aromatic N) is 1. The van der Waals surface area contributed by atoms with Crippen molar-refractivity contribution in [1.82, 2.24) is 10.4 Å². The van der Waals surface area contributed by atoms with Gasteiger partial charge in [0.1, 0.15) is 0 Å². The van der Waals surface area contributed by atoms with Gasteiger partial charge in [-0.15, -0.1) is 0 Å². The Morgan fingerprint density at radius 3 is 2.50 bits per heavy atom. The lowest BCUT2D eigenvalue weighted by Gasteiger charge is -2.28.